The molecule has 0 saturated carbocycles. The smallest absolute Gasteiger partial charge is 0.264 e. The van der Waals surface area contributed by atoms with E-state index in [4.69, 9.17) is 4.98 Å². The molecule has 0 radical (unpaired) electrons. The molecule has 2 aromatic rings. The van der Waals surface area contributed by atoms with Crippen molar-refractivity contribution in [2.75, 3.05) is 26.0 Å². The number of likely N-dealkylation sites (tertiary alicyclic amines) is 1. The van der Waals surface area contributed by atoms with Crippen LogP contribution in [-0.4, -0.2) is 52.2 Å². The molecule has 7 nitrogen and oxygen atoms in total. The Morgan fingerprint density at radius 2 is 2.00 bits per heavy atom. The van der Waals surface area contributed by atoms with Crippen LogP contribution in [0.1, 0.15) is 76.7 Å². The van der Waals surface area contributed by atoms with E-state index in [1.807, 2.05) is 18.0 Å². The Kier molecular flexibility index (Phi) is 6.55. The van der Waals surface area contributed by atoms with Gasteiger partial charge >= 0.3 is 0 Å². The third-order valence-electron chi connectivity index (χ3n) is 6.26. The van der Waals surface area contributed by atoms with Crippen molar-refractivity contribution >= 4 is 29.0 Å². The van der Waals surface area contributed by atoms with E-state index in [2.05, 4.69) is 16.4 Å². The molecule has 4 rings (SSSR count). The predicted octanol–water partition coefficient (Wildman–Crippen LogP) is 3.80. The lowest BCUT2D eigenvalue weighted by Gasteiger charge is -2.24. The Bertz CT molecular complexity index is 949. The molecule has 0 bridgehead atoms. The van der Waals surface area contributed by atoms with Crippen molar-refractivity contribution in [3.05, 3.63) is 39.0 Å². The maximum atomic E-state index is 13.5. The van der Waals surface area contributed by atoms with E-state index in [0.29, 0.717) is 18.2 Å². The summed E-state index contributed by atoms with van der Waals surface area (Å²) in [5, 5.41) is 3.09. The largest absolute Gasteiger partial charge is 0.373 e. The van der Waals surface area contributed by atoms with Gasteiger partial charge in [0, 0.05) is 38.5 Å². The minimum atomic E-state index is -0.135. The van der Waals surface area contributed by atoms with Gasteiger partial charge in [0.15, 0.2) is 5.82 Å². The van der Waals surface area contributed by atoms with Crippen molar-refractivity contribution in [3.63, 3.8) is 0 Å². The van der Waals surface area contributed by atoms with Crippen LogP contribution in [-0.2, 0) is 24.2 Å². The summed E-state index contributed by atoms with van der Waals surface area (Å²) in [4.78, 5) is 40.3. The number of nitrogens with zero attached hydrogens (tertiary/aromatic N) is 4. The molecule has 3 heterocycles. The number of hydrogen-bond acceptors (Lipinski definition) is 6. The quantitative estimate of drug-likeness (QED) is 0.714. The highest BCUT2D eigenvalue weighted by atomic mass is 32.1. The van der Waals surface area contributed by atoms with Crippen molar-refractivity contribution < 1.29 is 9.59 Å². The van der Waals surface area contributed by atoms with Crippen LogP contribution in [0.15, 0.2) is 12.1 Å². The minimum absolute atomic E-state index is 0.0127. The van der Waals surface area contributed by atoms with Crippen LogP contribution in [0.5, 0.6) is 0 Å². The number of fused-ring (bicyclic) bond motifs is 1. The molecule has 1 aliphatic heterocycles. The molecule has 0 spiro atoms. The molecular weight excluding hydrogens is 410 g/mol. The van der Waals surface area contributed by atoms with Gasteiger partial charge in [0.2, 0.25) is 5.91 Å². The van der Waals surface area contributed by atoms with E-state index < -0.39 is 0 Å². The van der Waals surface area contributed by atoms with Gasteiger partial charge in [0.05, 0.1) is 23.2 Å². The summed E-state index contributed by atoms with van der Waals surface area (Å²) >= 11 is 1.67. The second-order valence-corrected chi connectivity index (χ2v) is 9.64. The van der Waals surface area contributed by atoms with Gasteiger partial charge in [0.1, 0.15) is 5.82 Å². The monoisotopic (exact) mass is 441 g/mol. The fourth-order valence-corrected chi connectivity index (χ4v) is 5.63. The second kappa shape index (κ2) is 9.34. The first-order valence-corrected chi connectivity index (χ1v) is 12.0. The standard InChI is InChI=1S/C23H31N5O2S/c1-15(29)27(3)14-17-13-21(24-2)26-22(25-17)18-9-7-11-28(18)23(30)20-12-16-8-5-4-6-10-19(16)31-20/h12-13,18H,4-11,14H2,1-3H3,(H,24,25,26)/t18-/m0/s1. The fraction of sp³-hybridized carbons (Fsp3) is 0.565. The van der Waals surface area contributed by atoms with E-state index in [0.717, 1.165) is 42.8 Å². The zero-order valence-corrected chi connectivity index (χ0v) is 19.4. The van der Waals surface area contributed by atoms with Crippen LogP contribution in [0.4, 0.5) is 5.82 Å². The Hall–Kier alpha value is -2.48. The average molecular weight is 442 g/mol. The number of amides is 2. The maximum Gasteiger partial charge on any atom is 0.264 e. The Morgan fingerprint density at radius 1 is 1.19 bits per heavy atom. The molecule has 1 fully saturated rings. The third kappa shape index (κ3) is 4.74. The van der Waals surface area contributed by atoms with Crippen LogP contribution in [0.2, 0.25) is 0 Å². The van der Waals surface area contributed by atoms with Crippen LogP contribution < -0.4 is 5.32 Å². The van der Waals surface area contributed by atoms with Crippen LogP contribution in [0.3, 0.4) is 0 Å². The third-order valence-corrected chi connectivity index (χ3v) is 7.48. The number of carbonyl (C=O) groups excluding carboxylic acids is 2. The highest BCUT2D eigenvalue weighted by molar-refractivity contribution is 7.14. The first-order valence-electron chi connectivity index (χ1n) is 11.2. The molecular formula is C23H31N5O2S. The summed E-state index contributed by atoms with van der Waals surface area (Å²) in [7, 11) is 3.58. The zero-order valence-electron chi connectivity index (χ0n) is 18.6. The number of hydrogen-bond donors (Lipinski definition) is 1. The van der Waals surface area contributed by atoms with Crippen molar-refractivity contribution in [2.45, 2.75) is 64.5 Å². The molecule has 2 aliphatic rings. The van der Waals surface area contributed by atoms with Crippen molar-refractivity contribution in [1.29, 1.82) is 0 Å². The highest BCUT2D eigenvalue weighted by Gasteiger charge is 2.34. The molecule has 31 heavy (non-hydrogen) atoms. The minimum Gasteiger partial charge on any atom is -0.373 e. The molecule has 0 aromatic carbocycles. The van der Waals surface area contributed by atoms with Gasteiger partial charge < -0.3 is 15.1 Å². The fourth-order valence-electron chi connectivity index (χ4n) is 4.42. The van der Waals surface area contributed by atoms with Gasteiger partial charge in [-0.05, 0) is 50.2 Å². The van der Waals surface area contributed by atoms with Gasteiger partial charge in [-0.3, -0.25) is 9.59 Å². The van der Waals surface area contributed by atoms with E-state index in [9.17, 15) is 9.59 Å². The van der Waals surface area contributed by atoms with Crippen LogP contribution in [0, 0.1) is 0 Å². The number of carbonyl (C=O) groups is 2. The lowest BCUT2D eigenvalue weighted by Crippen LogP contribution is -2.31. The summed E-state index contributed by atoms with van der Waals surface area (Å²) in [5.41, 5.74) is 2.14. The van der Waals surface area contributed by atoms with Gasteiger partial charge in [-0.1, -0.05) is 6.42 Å². The SMILES string of the molecule is CNc1cc(CN(C)C(C)=O)nc([C@@H]2CCCN2C(=O)c2cc3c(s2)CCCCC3)n1. The van der Waals surface area contributed by atoms with E-state index in [1.54, 1.807) is 30.2 Å². The molecule has 1 atom stereocenters. The predicted molar refractivity (Wildman–Crippen MR) is 122 cm³/mol. The Morgan fingerprint density at radius 3 is 2.77 bits per heavy atom. The molecule has 2 aromatic heterocycles. The molecule has 1 aliphatic carbocycles. The van der Waals surface area contributed by atoms with E-state index in [1.165, 1.54) is 29.7 Å². The Balaban J connectivity index is 1.59. The number of rotatable bonds is 5. The molecule has 1 saturated heterocycles. The van der Waals surface area contributed by atoms with Crippen molar-refractivity contribution in [3.8, 4) is 0 Å². The molecule has 0 unspecified atom stereocenters. The lowest BCUT2D eigenvalue weighted by atomic mass is 10.1. The lowest BCUT2D eigenvalue weighted by molar-refractivity contribution is -0.128. The van der Waals surface area contributed by atoms with Gasteiger partial charge in [-0.15, -0.1) is 11.3 Å². The second-order valence-electron chi connectivity index (χ2n) is 8.50. The normalized spacial score (nSPS) is 18.4. The van der Waals surface area contributed by atoms with Gasteiger partial charge in [0.25, 0.3) is 5.91 Å². The van der Waals surface area contributed by atoms with Crippen LogP contribution in [0.25, 0.3) is 0 Å². The first kappa shape index (κ1) is 21.7. The molecule has 8 heteroatoms. The van der Waals surface area contributed by atoms with Gasteiger partial charge in [-0.2, -0.15) is 0 Å². The number of aryl methyl sites for hydroxylation is 2. The molecule has 2 amide bonds. The zero-order chi connectivity index (χ0) is 22.0. The topological polar surface area (TPSA) is 78.4 Å². The van der Waals surface area contributed by atoms with E-state index in [-0.39, 0.29) is 17.9 Å². The number of thiophene rings is 1. The van der Waals surface area contributed by atoms with Crippen molar-refractivity contribution in [2.24, 2.45) is 0 Å². The van der Waals surface area contributed by atoms with Gasteiger partial charge in [-0.25, -0.2) is 9.97 Å². The number of aromatic nitrogens is 2. The van der Waals surface area contributed by atoms with Crippen molar-refractivity contribution in [1.82, 2.24) is 19.8 Å². The summed E-state index contributed by atoms with van der Waals surface area (Å²) in [6.07, 6.45) is 7.68. The molecule has 166 valence electrons. The van der Waals surface area contributed by atoms with Crippen LogP contribution >= 0.6 is 11.3 Å². The summed E-state index contributed by atoms with van der Waals surface area (Å²) in [6.45, 7) is 2.68. The summed E-state index contributed by atoms with van der Waals surface area (Å²) < 4.78 is 0. The highest BCUT2D eigenvalue weighted by Crippen LogP contribution is 2.35. The number of anilines is 1. The Labute approximate surface area is 187 Å². The maximum absolute atomic E-state index is 13.5. The summed E-state index contributed by atoms with van der Waals surface area (Å²) in [5.74, 6) is 1.45. The van der Waals surface area contributed by atoms with E-state index >= 15 is 0 Å². The average Bonchev–Trinajstić information content (AvgIpc) is 3.35. The molecule has 1 N–H and O–H groups in total. The number of nitrogens with one attached hydrogen (secondary N) is 1. The summed E-state index contributed by atoms with van der Waals surface area (Å²) in [6, 6.07) is 3.85. The first-order chi connectivity index (χ1) is 15.0.